The number of nitrogens with one attached hydrogen (secondary N) is 1. The molecule has 0 aliphatic carbocycles. The number of nitrogens with zero attached hydrogens (tertiary/aromatic N) is 1. The van der Waals surface area contributed by atoms with Crippen molar-refractivity contribution in [2.75, 3.05) is 38.8 Å². The highest BCUT2D eigenvalue weighted by molar-refractivity contribution is 5.77. The van der Waals surface area contributed by atoms with E-state index in [0.717, 1.165) is 17.8 Å². The largest absolute Gasteiger partial charge is 0.493 e. The highest BCUT2D eigenvalue weighted by atomic mass is 16.5. The number of amides is 1. The molecular weight excluding hydrogens is 304 g/mol. The molecule has 1 N–H and O–H groups in total. The van der Waals surface area contributed by atoms with E-state index < -0.39 is 0 Å². The van der Waals surface area contributed by atoms with E-state index >= 15 is 0 Å². The molecule has 5 heteroatoms. The van der Waals surface area contributed by atoms with Gasteiger partial charge in [0.15, 0.2) is 18.1 Å². The van der Waals surface area contributed by atoms with Crippen molar-refractivity contribution in [3.8, 4) is 11.5 Å². The zero-order chi connectivity index (χ0) is 17.4. The van der Waals surface area contributed by atoms with Crippen LogP contribution >= 0.6 is 0 Å². The summed E-state index contributed by atoms with van der Waals surface area (Å²) in [5.41, 5.74) is 2.19. The first-order valence-corrected chi connectivity index (χ1v) is 7.90. The van der Waals surface area contributed by atoms with Crippen molar-refractivity contribution < 1.29 is 14.3 Å². The zero-order valence-corrected chi connectivity index (χ0v) is 14.4. The molecule has 0 fully saturated rings. The van der Waals surface area contributed by atoms with Crippen molar-refractivity contribution in [3.63, 3.8) is 0 Å². The normalized spacial score (nSPS) is 10.1. The molecule has 2 aromatic carbocycles. The molecule has 0 atom stereocenters. The van der Waals surface area contributed by atoms with Crippen LogP contribution in [0.3, 0.4) is 0 Å². The van der Waals surface area contributed by atoms with Crippen LogP contribution in [0, 0.1) is 6.92 Å². The van der Waals surface area contributed by atoms with Gasteiger partial charge in [-0.2, -0.15) is 0 Å². The van der Waals surface area contributed by atoms with E-state index in [2.05, 4.69) is 10.2 Å². The lowest BCUT2D eigenvalue weighted by Gasteiger charge is -2.19. The summed E-state index contributed by atoms with van der Waals surface area (Å²) in [6, 6.07) is 15.6. The van der Waals surface area contributed by atoms with Crippen LogP contribution in [0.15, 0.2) is 48.5 Å². The van der Waals surface area contributed by atoms with Gasteiger partial charge in [-0.25, -0.2) is 0 Å². The number of anilines is 1. The number of carbonyl (C=O) groups excluding carboxylic acids is 1. The van der Waals surface area contributed by atoms with Crippen molar-refractivity contribution in [1.82, 2.24) is 5.32 Å². The number of ether oxygens (including phenoxy) is 2. The molecule has 0 aromatic heterocycles. The summed E-state index contributed by atoms with van der Waals surface area (Å²) in [6.07, 6.45) is 0. The van der Waals surface area contributed by atoms with Gasteiger partial charge in [0.1, 0.15) is 0 Å². The molecule has 0 saturated heterocycles. The molecule has 24 heavy (non-hydrogen) atoms. The number of rotatable bonds is 8. The molecule has 2 rings (SSSR count). The lowest BCUT2D eigenvalue weighted by molar-refractivity contribution is -0.123. The molecule has 0 spiro atoms. The molecule has 0 bridgehead atoms. The van der Waals surface area contributed by atoms with Gasteiger partial charge in [0.05, 0.1) is 7.11 Å². The Hall–Kier alpha value is -2.69. The first kappa shape index (κ1) is 17.7. The average Bonchev–Trinajstić information content (AvgIpc) is 2.61. The minimum atomic E-state index is -0.154. The second-order valence-electron chi connectivity index (χ2n) is 5.55. The van der Waals surface area contributed by atoms with Gasteiger partial charge in [-0.05, 0) is 36.8 Å². The molecule has 128 valence electrons. The van der Waals surface area contributed by atoms with E-state index in [1.165, 1.54) is 0 Å². The van der Waals surface area contributed by atoms with Crippen LogP contribution in [-0.4, -0.2) is 39.8 Å². The van der Waals surface area contributed by atoms with E-state index in [0.29, 0.717) is 18.0 Å². The Kier molecular flexibility index (Phi) is 6.49. The fraction of sp³-hybridized carbons (Fsp3) is 0.316. The minimum Gasteiger partial charge on any atom is -0.493 e. The van der Waals surface area contributed by atoms with Crippen molar-refractivity contribution in [3.05, 3.63) is 54.1 Å². The third-order valence-electron chi connectivity index (χ3n) is 3.64. The highest BCUT2D eigenvalue weighted by Gasteiger charge is 2.08. The van der Waals surface area contributed by atoms with Crippen molar-refractivity contribution >= 4 is 11.6 Å². The van der Waals surface area contributed by atoms with Crippen molar-refractivity contribution in [2.24, 2.45) is 0 Å². The van der Waals surface area contributed by atoms with Crippen LogP contribution < -0.4 is 19.7 Å². The van der Waals surface area contributed by atoms with Crippen molar-refractivity contribution in [2.45, 2.75) is 6.92 Å². The lowest BCUT2D eigenvalue weighted by Crippen LogP contribution is -2.35. The Morgan fingerprint density at radius 1 is 1.12 bits per heavy atom. The number of carbonyl (C=O) groups is 1. The minimum absolute atomic E-state index is 0.0333. The van der Waals surface area contributed by atoms with E-state index in [1.807, 2.05) is 62.5 Å². The molecule has 0 radical (unpaired) electrons. The first-order chi connectivity index (χ1) is 11.6. The highest BCUT2D eigenvalue weighted by Crippen LogP contribution is 2.27. The number of hydrogen-bond acceptors (Lipinski definition) is 4. The van der Waals surface area contributed by atoms with Gasteiger partial charge in [0.2, 0.25) is 0 Å². The van der Waals surface area contributed by atoms with Crippen LogP contribution in [0.25, 0.3) is 0 Å². The van der Waals surface area contributed by atoms with Crippen LogP contribution in [0.2, 0.25) is 0 Å². The predicted molar refractivity (Wildman–Crippen MR) is 95.9 cm³/mol. The van der Waals surface area contributed by atoms with Crippen LogP contribution in [0.5, 0.6) is 11.5 Å². The Labute approximate surface area is 143 Å². The van der Waals surface area contributed by atoms with E-state index in [9.17, 15) is 4.79 Å². The average molecular weight is 328 g/mol. The molecule has 0 aliphatic heterocycles. The summed E-state index contributed by atoms with van der Waals surface area (Å²) >= 11 is 0. The lowest BCUT2D eigenvalue weighted by atomic mass is 10.2. The number of benzene rings is 2. The SMILES string of the molecule is COc1cc(C)ccc1OCC(=O)NCCN(C)c1ccccc1. The summed E-state index contributed by atoms with van der Waals surface area (Å²) in [5.74, 6) is 1.05. The summed E-state index contributed by atoms with van der Waals surface area (Å²) in [5, 5.41) is 2.86. The Bertz CT molecular complexity index is 659. The van der Waals surface area contributed by atoms with E-state index in [-0.39, 0.29) is 12.5 Å². The molecule has 2 aromatic rings. The van der Waals surface area contributed by atoms with Crippen LogP contribution in [0.1, 0.15) is 5.56 Å². The monoisotopic (exact) mass is 328 g/mol. The van der Waals surface area contributed by atoms with Gasteiger partial charge >= 0.3 is 0 Å². The third kappa shape index (κ3) is 5.19. The van der Waals surface area contributed by atoms with Gasteiger partial charge in [-0.1, -0.05) is 24.3 Å². The predicted octanol–water partition coefficient (Wildman–Crippen LogP) is 2.64. The van der Waals surface area contributed by atoms with Gasteiger partial charge in [-0.3, -0.25) is 4.79 Å². The maximum atomic E-state index is 11.9. The summed E-state index contributed by atoms with van der Waals surface area (Å²) in [7, 11) is 3.58. The van der Waals surface area contributed by atoms with Gasteiger partial charge < -0.3 is 19.7 Å². The van der Waals surface area contributed by atoms with E-state index in [4.69, 9.17) is 9.47 Å². The van der Waals surface area contributed by atoms with Gasteiger partial charge in [0.25, 0.3) is 5.91 Å². The Morgan fingerprint density at radius 2 is 1.88 bits per heavy atom. The number of methoxy groups -OCH3 is 1. The molecule has 0 saturated carbocycles. The maximum absolute atomic E-state index is 11.9. The Balaban J connectivity index is 1.74. The molecule has 0 unspecified atom stereocenters. The summed E-state index contributed by atoms with van der Waals surface area (Å²) in [6.45, 7) is 3.22. The number of aryl methyl sites for hydroxylation is 1. The summed E-state index contributed by atoms with van der Waals surface area (Å²) in [4.78, 5) is 14.0. The van der Waals surface area contributed by atoms with Gasteiger partial charge in [0, 0.05) is 25.8 Å². The molecule has 1 amide bonds. The molecule has 0 heterocycles. The maximum Gasteiger partial charge on any atom is 0.258 e. The molecule has 5 nitrogen and oxygen atoms in total. The smallest absolute Gasteiger partial charge is 0.258 e. The number of hydrogen-bond donors (Lipinski definition) is 1. The van der Waals surface area contributed by atoms with Crippen molar-refractivity contribution in [1.29, 1.82) is 0 Å². The first-order valence-electron chi connectivity index (χ1n) is 7.90. The fourth-order valence-corrected chi connectivity index (χ4v) is 2.26. The van der Waals surface area contributed by atoms with Gasteiger partial charge in [-0.15, -0.1) is 0 Å². The fourth-order valence-electron chi connectivity index (χ4n) is 2.26. The third-order valence-corrected chi connectivity index (χ3v) is 3.64. The summed E-state index contributed by atoms with van der Waals surface area (Å²) < 4.78 is 10.8. The standard InChI is InChI=1S/C19H24N2O3/c1-15-9-10-17(18(13-15)23-3)24-14-19(22)20-11-12-21(2)16-7-5-4-6-8-16/h4-10,13H,11-12,14H2,1-3H3,(H,20,22). The second kappa shape index (κ2) is 8.82. The topological polar surface area (TPSA) is 50.8 Å². The molecule has 0 aliphatic rings. The molecular formula is C19H24N2O3. The van der Waals surface area contributed by atoms with E-state index in [1.54, 1.807) is 7.11 Å². The quantitative estimate of drug-likeness (QED) is 0.809. The second-order valence-corrected chi connectivity index (χ2v) is 5.55. The number of para-hydroxylation sites is 1. The zero-order valence-electron chi connectivity index (χ0n) is 14.4. The Morgan fingerprint density at radius 3 is 2.58 bits per heavy atom. The number of likely N-dealkylation sites (N-methyl/N-ethyl adjacent to an activating group) is 1. The van der Waals surface area contributed by atoms with Crippen LogP contribution in [0.4, 0.5) is 5.69 Å². The van der Waals surface area contributed by atoms with Crippen LogP contribution in [-0.2, 0) is 4.79 Å².